The number of rotatable bonds is 6. The molecule has 0 aliphatic rings. The number of aromatic carboxylic acids is 1. The van der Waals surface area contributed by atoms with Crippen LogP contribution in [0.4, 0.5) is 5.69 Å². The number of carboxylic acid groups (broad SMARTS) is 1. The molecule has 0 spiro atoms. The van der Waals surface area contributed by atoms with Gasteiger partial charge in [-0.3, -0.25) is 4.79 Å². The summed E-state index contributed by atoms with van der Waals surface area (Å²) in [6.07, 6.45) is 0.265. The lowest BCUT2D eigenvalue weighted by atomic mass is 10.2. The van der Waals surface area contributed by atoms with Gasteiger partial charge >= 0.3 is 5.97 Å². The van der Waals surface area contributed by atoms with Crippen molar-refractivity contribution in [1.29, 1.82) is 0 Å². The number of benzene rings is 1. The molecule has 1 amide bonds. The Morgan fingerprint density at radius 3 is 2.30 bits per heavy atom. The van der Waals surface area contributed by atoms with Gasteiger partial charge in [-0.25, -0.2) is 4.79 Å². The minimum Gasteiger partial charge on any atom is -0.478 e. The average molecular weight is 319 g/mol. The third-order valence-electron chi connectivity index (χ3n) is 2.60. The number of carboxylic acids is 1. The predicted octanol–water partition coefficient (Wildman–Crippen LogP) is 3.02. The van der Waals surface area contributed by atoms with E-state index in [4.69, 9.17) is 28.3 Å². The molecule has 110 valence electrons. The summed E-state index contributed by atoms with van der Waals surface area (Å²) in [7, 11) is 0. The van der Waals surface area contributed by atoms with Gasteiger partial charge in [-0.2, -0.15) is 0 Å². The standard InChI is InChI=1S/C13H16Cl2N2O3/c1-3-16-7(2)4-11(18)17-12-9(14)5-8(13(19)20)6-10(12)15/h5-7,16H,3-4H2,1-2H3,(H,17,18)(H,19,20). The molecule has 0 bridgehead atoms. The summed E-state index contributed by atoms with van der Waals surface area (Å²) in [5.74, 6) is -1.38. The third-order valence-corrected chi connectivity index (χ3v) is 3.19. The molecule has 3 N–H and O–H groups in total. The number of nitrogens with one attached hydrogen (secondary N) is 2. The van der Waals surface area contributed by atoms with Crippen LogP contribution >= 0.6 is 23.2 Å². The van der Waals surface area contributed by atoms with Gasteiger partial charge < -0.3 is 15.7 Å². The molecule has 5 nitrogen and oxygen atoms in total. The van der Waals surface area contributed by atoms with Crippen molar-refractivity contribution >= 4 is 40.8 Å². The highest BCUT2D eigenvalue weighted by Gasteiger charge is 2.15. The molecule has 0 aromatic heterocycles. The summed E-state index contributed by atoms with van der Waals surface area (Å²) in [5, 5.41) is 14.8. The Bertz CT molecular complexity index is 497. The molecule has 1 atom stereocenters. The fourth-order valence-corrected chi connectivity index (χ4v) is 2.29. The summed E-state index contributed by atoms with van der Waals surface area (Å²) in [5.41, 5.74) is 0.200. The van der Waals surface area contributed by atoms with Gasteiger partial charge in [0.2, 0.25) is 5.91 Å². The van der Waals surface area contributed by atoms with Crippen LogP contribution in [0.15, 0.2) is 12.1 Å². The van der Waals surface area contributed by atoms with Crippen molar-refractivity contribution in [3.05, 3.63) is 27.7 Å². The van der Waals surface area contributed by atoms with Gasteiger partial charge in [0, 0.05) is 12.5 Å². The van der Waals surface area contributed by atoms with Crippen molar-refractivity contribution in [2.75, 3.05) is 11.9 Å². The van der Waals surface area contributed by atoms with Crippen LogP contribution in [0.2, 0.25) is 10.0 Å². The van der Waals surface area contributed by atoms with Gasteiger partial charge in [0.05, 0.1) is 21.3 Å². The molecule has 1 aromatic rings. The van der Waals surface area contributed by atoms with E-state index in [9.17, 15) is 9.59 Å². The Kier molecular flexibility index (Phi) is 6.26. The van der Waals surface area contributed by atoms with Crippen LogP contribution in [0, 0.1) is 0 Å². The van der Waals surface area contributed by atoms with Crippen molar-refractivity contribution in [3.8, 4) is 0 Å². The van der Waals surface area contributed by atoms with Crippen LogP contribution in [-0.2, 0) is 4.79 Å². The number of hydrogen-bond donors (Lipinski definition) is 3. The fraction of sp³-hybridized carbons (Fsp3) is 0.385. The maximum Gasteiger partial charge on any atom is 0.335 e. The van der Waals surface area contributed by atoms with E-state index in [2.05, 4.69) is 10.6 Å². The molecule has 0 aliphatic carbocycles. The van der Waals surface area contributed by atoms with E-state index in [0.29, 0.717) is 0 Å². The minimum atomic E-state index is -1.13. The SMILES string of the molecule is CCNC(C)CC(=O)Nc1c(Cl)cc(C(=O)O)cc1Cl. The molecule has 1 unspecified atom stereocenters. The van der Waals surface area contributed by atoms with Crippen LogP contribution in [0.3, 0.4) is 0 Å². The van der Waals surface area contributed by atoms with Gasteiger partial charge in [-0.05, 0) is 25.6 Å². The van der Waals surface area contributed by atoms with Crippen molar-refractivity contribution in [3.63, 3.8) is 0 Å². The van der Waals surface area contributed by atoms with E-state index >= 15 is 0 Å². The number of carbonyl (C=O) groups is 2. The summed E-state index contributed by atoms with van der Waals surface area (Å²) in [6.45, 7) is 4.61. The molecule has 7 heteroatoms. The van der Waals surface area contributed by atoms with E-state index in [-0.39, 0.29) is 39.7 Å². The van der Waals surface area contributed by atoms with Gasteiger partial charge in [0.15, 0.2) is 0 Å². The largest absolute Gasteiger partial charge is 0.478 e. The van der Waals surface area contributed by atoms with Crippen molar-refractivity contribution in [1.82, 2.24) is 5.32 Å². The number of amides is 1. The second-order valence-corrected chi connectivity index (χ2v) is 5.15. The van der Waals surface area contributed by atoms with Crippen LogP contribution in [0.25, 0.3) is 0 Å². The highest BCUT2D eigenvalue weighted by Crippen LogP contribution is 2.32. The smallest absolute Gasteiger partial charge is 0.335 e. The molecule has 1 rings (SSSR count). The molecule has 0 fully saturated rings. The van der Waals surface area contributed by atoms with Gasteiger partial charge in [-0.15, -0.1) is 0 Å². The Hall–Kier alpha value is -1.30. The van der Waals surface area contributed by atoms with E-state index in [1.165, 1.54) is 12.1 Å². The molecule has 20 heavy (non-hydrogen) atoms. The summed E-state index contributed by atoms with van der Waals surface area (Å²) in [4.78, 5) is 22.7. The maximum absolute atomic E-state index is 11.8. The minimum absolute atomic E-state index is 0.0239. The second kappa shape index (κ2) is 7.47. The quantitative estimate of drug-likeness (QED) is 0.753. The molecular formula is C13H16Cl2N2O3. The molecule has 0 radical (unpaired) electrons. The highest BCUT2D eigenvalue weighted by molar-refractivity contribution is 6.40. The molecule has 0 saturated heterocycles. The average Bonchev–Trinajstić information content (AvgIpc) is 2.33. The summed E-state index contributed by atoms with van der Waals surface area (Å²) in [6, 6.07) is 2.52. The van der Waals surface area contributed by atoms with Gasteiger partial charge in [0.25, 0.3) is 0 Å². The Morgan fingerprint density at radius 2 is 1.85 bits per heavy atom. The van der Waals surface area contributed by atoms with E-state index in [1.807, 2.05) is 13.8 Å². The predicted molar refractivity (Wildman–Crippen MR) is 79.8 cm³/mol. The van der Waals surface area contributed by atoms with Crippen molar-refractivity contribution in [2.24, 2.45) is 0 Å². The van der Waals surface area contributed by atoms with Crippen LogP contribution in [-0.4, -0.2) is 29.6 Å². The van der Waals surface area contributed by atoms with Crippen molar-refractivity contribution in [2.45, 2.75) is 26.3 Å². The lowest BCUT2D eigenvalue weighted by Crippen LogP contribution is -2.30. The van der Waals surface area contributed by atoms with Crippen LogP contribution in [0.5, 0.6) is 0 Å². The molecule has 1 aromatic carbocycles. The Morgan fingerprint density at radius 1 is 1.30 bits per heavy atom. The zero-order chi connectivity index (χ0) is 15.3. The first-order chi connectivity index (χ1) is 9.35. The topological polar surface area (TPSA) is 78.4 Å². The molecular weight excluding hydrogens is 303 g/mol. The lowest BCUT2D eigenvalue weighted by Gasteiger charge is -2.14. The number of hydrogen-bond acceptors (Lipinski definition) is 3. The normalized spacial score (nSPS) is 12.0. The Balaban J connectivity index is 2.82. The first kappa shape index (κ1) is 16.8. The summed E-state index contributed by atoms with van der Waals surface area (Å²) < 4.78 is 0. The van der Waals surface area contributed by atoms with E-state index < -0.39 is 5.97 Å². The van der Waals surface area contributed by atoms with Gasteiger partial charge in [-0.1, -0.05) is 30.1 Å². The lowest BCUT2D eigenvalue weighted by molar-refractivity contribution is -0.116. The first-order valence-corrected chi connectivity index (χ1v) is 6.86. The summed E-state index contributed by atoms with van der Waals surface area (Å²) >= 11 is 11.9. The zero-order valence-corrected chi connectivity index (χ0v) is 12.7. The van der Waals surface area contributed by atoms with Gasteiger partial charge in [0.1, 0.15) is 0 Å². The monoisotopic (exact) mass is 318 g/mol. The van der Waals surface area contributed by atoms with Crippen molar-refractivity contribution < 1.29 is 14.7 Å². The van der Waals surface area contributed by atoms with E-state index in [0.717, 1.165) is 6.54 Å². The number of halogens is 2. The first-order valence-electron chi connectivity index (χ1n) is 6.10. The second-order valence-electron chi connectivity index (χ2n) is 4.33. The highest BCUT2D eigenvalue weighted by atomic mass is 35.5. The zero-order valence-electron chi connectivity index (χ0n) is 11.2. The number of carbonyl (C=O) groups excluding carboxylic acids is 1. The molecule has 0 saturated carbocycles. The molecule has 0 heterocycles. The molecule has 0 aliphatic heterocycles. The third kappa shape index (κ3) is 4.67. The van der Waals surface area contributed by atoms with Crippen LogP contribution in [0.1, 0.15) is 30.6 Å². The maximum atomic E-state index is 11.8. The van der Waals surface area contributed by atoms with Crippen LogP contribution < -0.4 is 10.6 Å². The Labute approximate surface area is 127 Å². The fourth-order valence-electron chi connectivity index (χ4n) is 1.71. The van der Waals surface area contributed by atoms with E-state index in [1.54, 1.807) is 0 Å². The number of anilines is 1.